The van der Waals surface area contributed by atoms with Gasteiger partial charge in [0.25, 0.3) is 0 Å². The van der Waals surface area contributed by atoms with Crippen LogP contribution in [0.25, 0.3) is 6.08 Å². The summed E-state index contributed by atoms with van der Waals surface area (Å²) in [6.07, 6.45) is 3.22. The quantitative estimate of drug-likeness (QED) is 0.437. The third-order valence-corrected chi connectivity index (χ3v) is 8.41. The van der Waals surface area contributed by atoms with Gasteiger partial charge in [0, 0.05) is 6.08 Å². The Labute approximate surface area is 135 Å². The van der Waals surface area contributed by atoms with Gasteiger partial charge in [0.1, 0.15) is 5.75 Å². The molecule has 1 aromatic rings. The van der Waals surface area contributed by atoms with Crippen molar-refractivity contribution in [3.63, 3.8) is 0 Å². The lowest BCUT2D eigenvalue weighted by atomic mass is 10.1. The second-order valence-electron chi connectivity index (χ2n) is 6.97. The van der Waals surface area contributed by atoms with E-state index < -0.39 is 8.32 Å². The van der Waals surface area contributed by atoms with E-state index in [0.29, 0.717) is 6.61 Å². The smallest absolute Gasteiger partial charge is 0.330 e. The van der Waals surface area contributed by atoms with Crippen LogP contribution in [0.3, 0.4) is 0 Å². The molecule has 3 nitrogen and oxygen atoms in total. The lowest BCUT2D eigenvalue weighted by Crippen LogP contribution is -2.44. The van der Waals surface area contributed by atoms with Gasteiger partial charge in [0.15, 0.2) is 0 Å². The Balaban J connectivity index is 2.89. The van der Waals surface area contributed by atoms with Crippen LogP contribution in [-0.4, -0.2) is 20.9 Å². The maximum atomic E-state index is 11.3. The summed E-state index contributed by atoms with van der Waals surface area (Å²) in [7, 11) is -1.83. The molecule has 0 saturated carbocycles. The van der Waals surface area contributed by atoms with Crippen LogP contribution in [0.5, 0.6) is 5.75 Å². The van der Waals surface area contributed by atoms with E-state index in [-0.39, 0.29) is 11.0 Å². The highest BCUT2D eigenvalue weighted by Gasteiger charge is 2.39. The Hall–Kier alpha value is -1.55. The first kappa shape index (κ1) is 18.5. The van der Waals surface area contributed by atoms with Crippen LogP contribution < -0.4 is 4.43 Å². The Morgan fingerprint density at radius 2 is 1.91 bits per heavy atom. The summed E-state index contributed by atoms with van der Waals surface area (Å²) in [5.74, 6) is 0.613. The zero-order valence-electron chi connectivity index (χ0n) is 14.8. The van der Waals surface area contributed by atoms with Crippen LogP contribution in [0.1, 0.15) is 38.8 Å². The Morgan fingerprint density at radius 1 is 1.27 bits per heavy atom. The van der Waals surface area contributed by atoms with Crippen LogP contribution in [0.15, 0.2) is 24.3 Å². The summed E-state index contributed by atoms with van der Waals surface area (Å²) in [6.45, 7) is 15.4. The second-order valence-corrected chi connectivity index (χ2v) is 11.7. The van der Waals surface area contributed by atoms with E-state index in [1.54, 1.807) is 13.0 Å². The van der Waals surface area contributed by atoms with Crippen molar-refractivity contribution in [1.82, 2.24) is 0 Å². The molecule has 0 aliphatic carbocycles. The van der Waals surface area contributed by atoms with Gasteiger partial charge in [-0.2, -0.15) is 0 Å². The Kier molecular flexibility index (Phi) is 6.00. The molecular formula is C18H28O3Si. The average molecular weight is 321 g/mol. The molecule has 1 aromatic carbocycles. The predicted octanol–water partition coefficient (Wildman–Crippen LogP) is 4.96. The molecule has 0 aromatic heterocycles. The summed E-state index contributed by atoms with van der Waals surface area (Å²) in [5, 5.41) is 0.169. The fourth-order valence-electron chi connectivity index (χ4n) is 1.67. The molecule has 22 heavy (non-hydrogen) atoms. The van der Waals surface area contributed by atoms with Crippen molar-refractivity contribution >= 4 is 20.4 Å². The molecule has 0 amide bonds. The molecule has 122 valence electrons. The number of esters is 1. The van der Waals surface area contributed by atoms with Crippen molar-refractivity contribution in [2.75, 3.05) is 6.61 Å². The molecule has 0 aliphatic rings. The number of hydrogen-bond acceptors (Lipinski definition) is 3. The highest BCUT2D eigenvalue weighted by atomic mass is 28.4. The van der Waals surface area contributed by atoms with Crippen molar-refractivity contribution in [3.8, 4) is 5.75 Å². The van der Waals surface area contributed by atoms with Crippen LogP contribution in [0.4, 0.5) is 0 Å². The minimum atomic E-state index is -1.83. The number of carbonyl (C=O) groups excluding carboxylic acids is 1. The molecule has 0 aliphatic heterocycles. The summed E-state index contributed by atoms with van der Waals surface area (Å²) < 4.78 is 11.2. The number of rotatable bonds is 5. The van der Waals surface area contributed by atoms with Gasteiger partial charge in [-0.25, -0.2) is 4.79 Å². The van der Waals surface area contributed by atoms with Crippen LogP contribution in [0.2, 0.25) is 18.1 Å². The van der Waals surface area contributed by atoms with E-state index in [0.717, 1.165) is 16.9 Å². The van der Waals surface area contributed by atoms with E-state index in [4.69, 9.17) is 9.16 Å². The van der Waals surface area contributed by atoms with Crippen LogP contribution >= 0.6 is 0 Å². The van der Waals surface area contributed by atoms with Gasteiger partial charge in [-0.3, -0.25) is 0 Å². The third kappa shape index (κ3) is 5.02. The fourth-order valence-corrected chi connectivity index (χ4v) is 2.76. The lowest BCUT2D eigenvalue weighted by Gasteiger charge is -2.37. The largest absolute Gasteiger partial charge is 0.543 e. The van der Waals surface area contributed by atoms with Crippen LogP contribution in [0, 0.1) is 6.92 Å². The summed E-state index contributed by atoms with van der Waals surface area (Å²) in [6, 6.07) is 5.98. The van der Waals surface area contributed by atoms with Gasteiger partial charge in [-0.15, -0.1) is 0 Å². The Bertz CT molecular complexity index is 554. The molecule has 0 radical (unpaired) electrons. The zero-order chi connectivity index (χ0) is 17.0. The third-order valence-electron chi connectivity index (χ3n) is 4.07. The van der Waals surface area contributed by atoms with Crippen molar-refractivity contribution < 1.29 is 14.0 Å². The summed E-state index contributed by atoms with van der Waals surface area (Å²) >= 11 is 0. The second kappa shape index (κ2) is 7.14. The van der Waals surface area contributed by atoms with Gasteiger partial charge in [0.2, 0.25) is 8.32 Å². The number of hydrogen-bond donors (Lipinski definition) is 0. The van der Waals surface area contributed by atoms with E-state index in [9.17, 15) is 4.79 Å². The number of ether oxygens (including phenoxy) is 1. The first-order valence-electron chi connectivity index (χ1n) is 7.71. The maximum absolute atomic E-state index is 11.3. The van der Waals surface area contributed by atoms with Gasteiger partial charge in [0.05, 0.1) is 6.61 Å². The first-order chi connectivity index (χ1) is 10.1. The molecule has 4 heteroatoms. The van der Waals surface area contributed by atoms with Gasteiger partial charge in [-0.1, -0.05) is 26.8 Å². The molecular weight excluding hydrogens is 292 g/mol. The maximum Gasteiger partial charge on any atom is 0.330 e. The molecule has 0 saturated heterocycles. The lowest BCUT2D eigenvalue weighted by molar-refractivity contribution is -0.137. The van der Waals surface area contributed by atoms with E-state index in [1.165, 1.54) is 6.08 Å². The van der Waals surface area contributed by atoms with Crippen LogP contribution in [-0.2, 0) is 9.53 Å². The van der Waals surface area contributed by atoms with Crippen molar-refractivity contribution in [2.45, 2.75) is 52.8 Å². The molecule has 0 N–H and O–H groups in total. The van der Waals surface area contributed by atoms with Crippen molar-refractivity contribution in [1.29, 1.82) is 0 Å². The monoisotopic (exact) mass is 320 g/mol. The molecule has 0 heterocycles. The highest BCUT2D eigenvalue weighted by Crippen LogP contribution is 2.38. The highest BCUT2D eigenvalue weighted by molar-refractivity contribution is 6.74. The molecule has 1 rings (SSSR count). The van der Waals surface area contributed by atoms with Crippen molar-refractivity contribution in [2.24, 2.45) is 0 Å². The molecule has 0 spiro atoms. The summed E-state index contributed by atoms with van der Waals surface area (Å²) in [4.78, 5) is 11.3. The zero-order valence-corrected chi connectivity index (χ0v) is 15.8. The minimum absolute atomic E-state index is 0.169. The Morgan fingerprint density at radius 3 is 2.41 bits per heavy atom. The topological polar surface area (TPSA) is 35.5 Å². The standard InChI is InChI=1S/C18H28O3Si/c1-8-20-17(19)12-10-15-9-11-16(14(2)13-15)21-22(6,7)18(3,4)5/h9-13H,8H2,1-7H3/b12-10+. The van der Waals surface area contributed by atoms with Gasteiger partial charge < -0.3 is 9.16 Å². The SMILES string of the molecule is CCOC(=O)/C=C/c1ccc(O[Si](C)(C)C(C)(C)C)c(C)c1. The number of carbonyl (C=O) groups is 1. The predicted molar refractivity (Wildman–Crippen MR) is 94.7 cm³/mol. The normalized spacial score (nSPS) is 12.5. The van der Waals surface area contributed by atoms with E-state index >= 15 is 0 Å². The molecule has 0 atom stereocenters. The number of aryl methyl sites for hydroxylation is 1. The molecule has 0 fully saturated rings. The number of benzene rings is 1. The average Bonchev–Trinajstić information content (AvgIpc) is 2.38. The van der Waals surface area contributed by atoms with Gasteiger partial charge >= 0.3 is 5.97 Å². The first-order valence-corrected chi connectivity index (χ1v) is 10.6. The molecule has 0 unspecified atom stereocenters. The minimum Gasteiger partial charge on any atom is -0.543 e. The molecule has 0 bridgehead atoms. The van der Waals surface area contributed by atoms with Crippen molar-refractivity contribution in [3.05, 3.63) is 35.4 Å². The van der Waals surface area contributed by atoms with E-state index in [2.05, 4.69) is 33.9 Å². The van der Waals surface area contributed by atoms with E-state index in [1.807, 2.05) is 25.1 Å². The summed E-state index contributed by atoms with van der Waals surface area (Å²) in [5.41, 5.74) is 2.05. The fraction of sp³-hybridized carbons (Fsp3) is 0.500. The van der Waals surface area contributed by atoms with Gasteiger partial charge in [-0.05, 0) is 61.3 Å².